The van der Waals surface area contributed by atoms with Crippen LogP contribution in [0.5, 0.6) is 0 Å². The summed E-state index contributed by atoms with van der Waals surface area (Å²) in [5, 5.41) is 13.8. The van der Waals surface area contributed by atoms with Crippen molar-refractivity contribution in [1.29, 1.82) is 0 Å². The molecule has 0 bridgehead atoms. The maximum absolute atomic E-state index is 11.2. The maximum atomic E-state index is 11.2. The van der Waals surface area contributed by atoms with Gasteiger partial charge in [-0.3, -0.25) is 4.79 Å². The highest BCUT2D eigenvalue weighted by atomic mass is 79.9. The highest BCUT2D eigenvalue weighted by molar-refractivity contribution is 9.10. The van der Waals surface area contributed by atoms with E-state index in [2.05, 4.69) is 26.2 Å². The number of carboxylic acid groups (broad SMARTS) is 1. The number of thiazole rings is 1. The third kappa shape index (κ3) is 2.90. The highest BCUT2D eigenvalue weighted by Gasteiger charge is 2.32. The SMILES string of the molecule is O=C(O)C1CCc2sc(Nc3c(Cl)cc(Br)cc3Cl)nc21. The Morgan fingerprint density at radius 2 is 2.10 bits per heavy atom. The molecule has 1 heterocycles. The zero-order chi connectivity index (χ0) is 15.1. The zero-order valence-corrected chi connectivity index (χ0v) is 14.4. The molecule has 0 fully saturated rings. The molecule has 8 heteroatoms. The van der Waals surface area contributed by atoms with E-state index >= 15 is 0 Å². The van der Waals surface area contributed by atoms with Crippen molar-refractivity contribution in [3.8, 4) is 0 Å². The summed E-state index contributed by atoms with van der Waals surface area (Å²) in [6.45, 7) is 0. The number of hydrogen-bond acceptors (Lipinski definition) is 4. The Morgan fingerprint density at radius 1 is 1.43 bits per heavy atom. The molecule has 0 aliphatic heterocycles. The van der Waals surface area contributed by atoms with Gasteiger partial charge in [-0.05, 0) is 25.0 Å². The number of benzene rings is 1. The minimum Gasteiger partial charge on any atom is -0.481 e. The Bertz CT molecular complexity index is 712. The molecule has 110 valence electrons. The maximum Gasteiger partial charge on any atom is 0.312 e. The number of nitrogens with zero attached hydrogens (tertiary/aromatic N) is 1. The quantitative estimate of drug-likeness (QED) is 0.745. The first-order chi connectivity index (χ1) is 9.95. The Labute approximate surface area is 143 Å². The fraction of sp³-hybridized carbons (Fsp3) is 0.231. The Balaban J connectivity index is 1.91. The van der Waals surface area contributed by atoms with Crippen LogP contribution >= 0.6 is 50.5 Å². The van der Waals surface area contributed by atoms with Crippen molar-refractivity contribution >= 4 is 67.3 Å². The van der Waals surface area contributed by atoms with Gasteiger partial charge in [0.1, 0.15) is 5.92 Å². The molecule has 1 atom stereocenters. The first-order valence-corrected chi connectivity index (χ1v) is 8.46. The van der Waals surface area contributed by atoms with Crippen LogP contribution in [0.1, 0.15) is 22.9 Å². The predicted molar refractivity (Wildman–Crippen MR) is 88.3 cm³/mol. The normalized spacial score (nSPS) is 16.8. The Hall–Kier alpha value is -0.820. The summed E-state index contributed by atoms with van der Waals surface area (Å²) in [6.07, 6.45) is 1.36. The summed E-state index contributed by atoms with van der Waals surface area (Å²) < 4.78 is 0.788. The van der Waals surface area contributed by atoms with E-state index in [-0.39, 0.29) is 0 Å². The van der Waals surface area contributed by atoms with Gasteiger partial charge in [-0.1, -0.05) is 39.1 Å². The molecular weight excluding hydrogens is 399 g/mol. The van der Waals surface area contributed by atoms with Crippen LogP contribution < -0.4 is 5.32 Å². The summed E-state index contributed by atoms with van der Waals surface area (Å²) in [5.41, 5.74) is 1.22. The second-order valence-corrected chi connectivity index (χ2v) is 7.44. The van der Waals surface area contributed by atoms with E-state index in [1.807, 2.05) is 0 Å². The molecule has 4 nitrogen and oxygen atoms in total. The molecule has 0 amide bonds. The number of aryl methyl sites for hydroxylation is 1. The van der Waals surface area contributed by atoms with Gasteiger partial charge in [0, 0.05) is 9.35 Å². The van der Waals surface area contributed by atoms with Crippen molar-refractivity contribution in [3.05, 3.63) is 37.2 Å². The third-order valence-electron chi connectivity index (χ3n) is 3.25. The van der Waals surface area contributed by atoms with E-state index in [1.165, 1.54) is 11.3 Å². The molecule has 3 rings (SSSR count). The van der Waals surface area contributed by atoms with Gasteiger partial charge in [0.05, 0.1) is 21.4 Å². The number of aliphatic carboxylic acids is 1. The lowest BCUT2D eigenvalue weighted by Crippen LogP contribution is -2.08. The lowest BCUT2D eigenvalue weighted by Gasteiger charge is -2.09. The lowest BCUT2D eigenvalue weighted by molar-refractivity contribution is -0.138. The molecule has 1 aromatic carbocycles. The van der Waals surface area contributed by atoms with Crippen LogP contribution in [0.15, 0.2) is 16.6 Å². The third-order valence-corrected chi connectivity index (χ3v) is 5.35. The van der Waals surface area contributed by atoms with Crippen molar-refractivity contribution in [3.63, 3.8) is 0 Å². The molecule has 0 saturated carbocycles. The van der Waals surface area contributed by atoms with Crippen LogP contribution in [-0.2, 0) is 11.2 Å². The molecule has 0 spiro atoms. The van der Waals surface area contributed by atoms with Crippen LogP contribution in [0.25, 0.3) is 0 Å². The van der Waals surface area contributed by atoms with Crippen molar-refractivity contribution < 1.29 is 9.90 Å². The van der Waals surface area contributed by atoms with E-state index < -0.39 is 11.9 Å². The number of carboxylic acids is 1. The minimum absolute atomic E-state index is 0.472. The van der Waals surface area contributed by atoms with Gasteiger partial charge in [0.25, 0.3) is 0 Å². The zero-order valence-electron chi connectivity index (χ0n) is 10.5. The molecule has 1 aliphatic carbocycles. The number of halogens is 3. The molecular formula is C13H9BrCl2N2O2S. The number of anilines is 2. The topological polar surface area (TPSA) is 62.2 Å². The van der Waals surface area contributed by atoms with Gasteiger partial charge in [0.2, 0.25) is 0 Å². The summed E-state index contributed by atoms with van der Waals surface area (Å²) in [4.78, 5) is 16.6. The fourth-order valence-electron chi connectivity index (χ4n) is 2.29. The first-order valence-electron chi connectivity index (χ1n) is 6.09. The highest BCUT2D eigenvalue weighted by Crippen LogP contribution is 2.41. The summed E-state index contributed by atoms with van der Waals surface area (Å²) in [6, 6.07) is 3.47. The number of nitrogens with one attached hydrogen (secondary N) is 1. The average molecular weight is 408 g/mol. The van der Waals surface area contributed by atoms with E-state index in [9.17, 15) is 9.90 Å². The summed E-state index contributed by atoms with van der Waals surface area (Å²) in [7, 11) is 0. The Kier molecular flexibility index (Phi) is 4.14. The number of hydrogen-bond donors (Lipinski definition) is 2. The van der Waals surface area contributed by atoms with Crippen molar-refractivity contribution in [2.24, 2.45) is 0 Å². The van der Waals surface area contributed by atoms with Gasteiger partial charge in [-0.25, -0.2) is 4.98 Å². The van der Waals surface area contributed by atoms with E-state index in [1.54, 1.807) is 12.1 Å². The number of carbonyl (C=O) groups is 1. The van der Waals surface area contributed by atoms with Crippen molar-refractivity contribution in [2.75, 3.05) is 5.32 Å². The summed E-state index contributed by atoms with van der Waals surface area (Å²) in [5.74, 6) is -1.34. The van der Waals surface area contributed by atoms with E-state index in [0.717, 1.165) is 15.8 Å². The van der Waals surface area contributed by atoms with Crippen molar-refractivity contribution in [1.82, 2.24) is 4.98 Å². The van der Waals surface area contributed by atoms with Crippen molar-refractivity contribution in [2.45, 2.75) is 18.8 Å². The first kappa shape index (κ1) is 15.1. The van der Waals surface area contributed by atoms with Crippen LogP contribution in [0.4, 0.5) is 10.8 Å². The van der Waals surface area contributed by atoms with Gasteiger partial charge in [0.15, 0.2) is 5.13 Å². The van der Waals surface area contributed by atoms with Crippen LogP contribution in [-0.4, -0.2) is 16.1 Å². The molecule has 1 unspecified atom stereocenters. The Morgan fingerprint density at radius 3 is 2.71 bits per heavy atom. The van der Waals surface area contributed by atoms with Crippen LogP contribution in [0.3, 0.4) is 0 Å². The largest absolute Gasteiger partial charge is 0.481 e. The smallest absolute Gasteiger partial charge is 0.312 e. The van der Waals surface area contributed by atoms with Gasteiger partial charge < -0.3 is 10.4 Å². The lowest BCUT2D eigenvalue weighted by atomic mass is 10.1. The predicted octanol–water partition coefficient (Wildman–Crippen LogP) is 5.07. The molecule has 0 radical (unpaired) electrons. The van der Waals surface area contributed by atoms with Crippen LogP contribution in [0, 0.1) is 0 Å². The molecule has 1 aliphatic rings. The van der Waals surface area contributed by atoms with Crippen LogP contribution in [0.2, 0.25) is 10.0 Å². The van der Waals surface area contributed by atoms with Gasteiger partial charge in [-0.2, -0.15) is 0 Å². The average Bonchev–Trinajstić information content (AvgIpc) is 2.92. The molecule has 0 saturated heterocycles. The second-order valence-electron chi connectivity index (χ2n) is 4.63. The number of aromatic nitrogens is 1. The molecule has 2 aromatic rings. The standard InChI is InChI=1S/C13H9BrCl2N2O2S/c14-5-3-7(15)11(8(16)4-5)18-13-17-10-6(12(19)20)1-2-9(10)21-13/h3-4,6H,1-2H2,(H,17,18)(H,19,20). The minimum atomic E-state index is -0.828. The monoisotopic (exact) mass is 406 g/mol. The number of rotatable bonds is 3. The second kappa shape index (κ2) is 5.76. The van der Waals surface area contributed by atoms with Gasteiger partial charge in [-0.15, -0.1) is 11.3 Å². The van der Waals surface area contributed by atoms with Gasteiger partial charge >= 0.3 is 5.97 Å². The van der Waals surface area contributed by atoms with E-state index in [4.69, 9.17) is 23.2 Å². The number of fused-ring (bicyclic) bond motifs is 1. The summed E-state index contributed by atoms with van der Waals surface area (Å²) >= 11 is 17.1. The van der Waals surface area contributed by atoms with E-state index in [0.29, 0.717) is 33.0 Å². The molecule has 21 heavy (non-hydrogen) atoms. The fourth-order valence-corrected chi connectivity index (χ4v) is 4.64. The molecule has 2 N–H and O–H groups in total. The molecule has 1 aromatic heterocycles.